The molecule has 0 amide bonds. The van der Waals surface area contributed by atoms with E-state index < -0.39 is 0 Å². The summed E-state index contributed by atoms with van der Waals surface area (Å²) in [6.07, 6.45) is 0.327. The van der Waals surface area contributed by atoms with E-state index in [0.29, 0.717) is 6.42 Å². The van der Waals surface area contributed by atoms with E-state index in [-0.39, 0.29) is 5.38 Å². The van der Waals surface area contributed by atoms with Crippen LogP contribution in [0.1, 0.15) is 17.4 Å². The van der Waals surface area contributed by atoms with Gasteiger partial charge in [0, 0.05) is 0 Å². The van der Waals surface area contributed by atoms with Gasteiger partial charge >= 0.3 is 0 Å². The highest BCUT2D eigenvalue weighted by Gasteiger charge is 2.06. The van der Waals surface area contributed by atoms with E-state index in [2.05, 4.69) is 0 Å². The van der Waals surface area contributed by atoms with Crippen LogP contribution in [0, 0.1) is 11.3 Å². The molecule has 2 nitrogen and oxygen atoms in total. The van der Waals surface area contributed by atoms with E-state index in [4.69, 9.17) is 21.6 Å². The second kappa shape index (κ2) is 4.74. The highest BCUT2D eigenvalue weighted by atomic mass is 35.5. The Bertz CT molecular complexity index is 302. The van der Waals surface area contributed by atoms with E-state index in [0.717, 1.165) is 11.3 Å². The predicted molar refractivity (Wildman–Crippen MR) is 51.8 cm³/mol. The molecule has 1 aromatic rings. The summed E-state index contributed by atoms with van der Waals surface area (Å²) in [4.78, 5) is 0. The maximum Gasteiger partial charge on any atom is 0.118 e. The van der Waals surface area contributed by atoms with Gasteiger partial charge in [0.05, 0.1) is 25.0 Å². The molecule has 0 saturated carbocycles. The number of hydrogen-bond donors (Lipinski definition) is 0. The lowest BCUT2D eigenvalue weighted by Gasteiger charge is -2.05. The first-order chi connectivity index (χ1) is 6.27. The molecule has 0 N–H and O–H groups in total. The van der Waals surface area contributed by atoms with Crippen LogP contribution in [-0.2, 0) is 0 Å². The zero-order valence-electron chi connectivity index (χ0n) is 7.33. The van der Waals surface area contributed by atoms with Gasteiger partial charge in [-0.1, -0.05) is 12.1 Å². The predicted octanol–water partition coefficient (Wildman–Crippen LogP) is 2.89. The second-order valence-corrected chi connectivity index (χ2v) is 3.13. The summed E-state index contributed by atoms with van der Waals surface area (Å²) in [5.74, 6) is 0.796. The molecule has 0 spiro atoms. The number of benzene rings is 1. The Hall–Kier alpha value is -1.20. The zero-order valence-corrected chi connectivity index (χ0v) is 8.08. The van der Waals surface area contributed by atoms with Crippen molar-refractivity contribution >= 4 is 11.6 Å². The number of hydrogen-bond acceptors (Lipinski definition) is 2. The minimum atomic E-state index is -0.226. The molecule has 0 radical (unpaired) electrons. The summed E-state index contributed by atoms with van der Waals surface area (Å²) in [5.41, 5.74) is 0.948. The lowest BCUT2D eigenvalue weighted by atomic mass is 10.1. The molecule has 1 aromatic carbocycles. The van der Waals surface area contributed by atoms with Crippen LogP contribution in [0.2, 0.25) is 0 Å². The van der Waals surface area contributed by atoms with E-state index in [1.165, 1.54) is 0 Å². The van der Waals surface area contributed by atoms with Crippen molar-refractivity contribution < 1.29 is 4.74 Å². The van der Waals surface area contributed by atoms with Crippen LogP contribution in [0.5, 0.6) is 5.75 Å². The Morgan fingerprint density at radius 2 is 2.08 bits per heavy atom. The summed E-state index contributed by atoms with van der Waals surface area (Å²) >= 11 is 5.94. The molecule has 1 unspecified atom stereocenters. The standard InChI is InChI=1S/C10H10ClNO/c1-13-9-4-2-8(3-5-9)10(11)6-7-12/h2-5,10H,6H2,1H3. The minimum Gasteiger partial charge on any atom is -0.497 e. The first kappa shape index (κ1) is 9.88. The average Bonchev–Trinajstić information content (AvgIpc) is 2.18. The van der Waals surface area contributed by atoms with Gasteiger partial charge in [0.2, 0.25) is 0 Å². The van der Waals surface area contributed by atoms with Gasteiger partial charge in [-0.05, 0) is 17.7 Å². The molecule has 1 rings (SSSR count). The van der Waals surface area contributed by atoms with Crippen molar-refractivity contribution in [3.05, 3.63) is 29.8 Å². The third-order valence-electron chi connectivity index (χ3n) is 1.75. The fourth-order valence-electron chi connectivity index (χ4n) is 1.01. The van der Waals surface area contributed by atoms with Gasteiger partial charge in [0.1, 0.15) is 5.75 Å². The third kappa shape index (κ3) is 2.64. The van der Waals surface area contributed by atoms with Crippen LogP contribution >= 0.6 is 11.6 Å². The van der Waals surface area contributed by atoms with Gasteiger partial charge in [-0.3, -0.25) is 0 Å². The van der Waals surface area contributed by atoms with Gasteiger partial charge in [0.15, 0.2) is 0 Å². The lowest BCUT2D eigenvalue weighted by Crippen LogP contribution is -1.89. The van der Waals surface area contributed by atoms with Crippen molar-refractivity contribution in [2.24, 2.45) is 0 Å². The van der Waals surface area contributed by atoms with Crippen LogP contribution in [0.3, 0.4) is 0 Å². The molecular formula is C10H10ClNO. The number of halogens is 1. The Balaban J connectivity index is 2.74. The number of nitrogens with zero attached hydrogens (tertiary/aromatic N) is 1. The molecule has 0 saturated heterocycles. The number of alkyl halides is 1. The van der Waals surface area contributed by atoms with Crippen molar-refractivity contribution in [3.63, 3.8) is 0 Å². The monoisotopic (exact) mass is 195 g/mol. The molecule has 0 aliphatic heterocycles. The fraction of sp³-hybridized carbons (Fsp3) is 0.300. The molecule has 13 heavy (non-hydrogen) atoms. The first-order valence-corrected chi connectivity index (χ1v) is 4.36. The van der Waals surface area contributed by atoms with Crippen LogP contribution in [0.15, 0.2) is 24.3 Å². The van der Waals surface area contributed by atoms with E-state index in [1.54, 1.807) is 7.11 Å². The molecule has 0 aliphatic carbocycles. The fourth-order valence-corrected chi connectivity index (χ4v) is 1.23. The van der Waals surface area contributed by atoms with E-state index in [9.17, 15) is 0 Å². The summed E-state index contributed by atoms with van der Waals surface area (Å²) in [6.45, 7) is 0. The number of ether oxygens (including phenoxy) is 1. The van der Waals surface area contributed by atoms with Crippen LogP contribution < -0.4 is 4.74 Å². The quantitative estimate of drug-likeness (QED) is 0.695. The minimum absolute atomic E-state index is 0.226. The van der Waals surface area contributed by atoms with Crippen LogP contribution in [-0.4, -0.2) is 7.11 Å². The van der Waals surface area contributed by atoms with E-state index >= 15 is 0 Å². The molecule has 68 valence electrons. The first-order valence-electron chi connectivity index (χ1n) is 3.93. The Kier molecular flexibility index (Phi) is 3.60. The van der Waals surface area contributed by atoms with Crippen molar-refractivity contribution in [1.29, 1.82) is 5.26 Å². The maximum atomic E-state index is 8.44. The van der Waals surface area contributed by atoms with Crippen molar-refractivity contribution in [1.82, 2.24) is 0 Å². The largest absolute Gasteiger partial charge is 0.497 e. The Morgan fingerprint density at radius 1 is 1.46 bits per heavy atom. The van der Waals surface area contributed by atoms with Crippen molar-refractivity contribution in [2.45, 2.75) is 11.8 Å². The smallest absolute Gasteiger partial charge is 0.118 e. The highest BCUT2D eigenvalue weighted by Crippen LogP contribution is 2.25. The molecule has 0 aromatic heterocycles. The van der Waals surface area contributed by atoms with Crippen LogP contribution in [0.25, 0.3) is 0 Å². The number of rotatable bonds is 3. The molecule has 3 heteroatoms. The third-order valence-corrected chi connectivity index (χ3v) is 2.15. The van der Waals surface area contributed by atoms with Crippen molar-refractivity contribution in [2.75, 3.05) is 7.11 Å². The zero-order chi connectivity index (χ0) is 9.68. The molecule has 1 atom stereocenters. The molecule has 0 heterocycles. The van der Waals surface area contributed by atoms with Gasteiger partial charge in [-0.2, -0.15) is 5.26 Å². The lowest BCUT2D eigenvalue weighted by molar-refractivity contribution is 0.414. The van der Waals surface area contributed by atoms with Gasteiger partial charge in [0.25, 0.3) is 0 Å². The SMILES string of the molecule is COc1ccc(C(Cl)CC#N)cc1. The molecule has 0 bridgehead atoms. The summed E-state index contributed by atoms with van der Waals surface area (Å²) < 4.78 is 5.00. The van der Waals surface area contributed by atoms with Crippen LogP contribution in [0.4, 0.5) is 0 Å². The molecule has 0 aliphatic rings. The maximum absolute atomic E-state index is 8.44. The second-order valence-electron chi connectivity index (χ2n) is 2.60. The Labute approximate surface area is 82.7 Å². The van der Waals surface area contributed by atoms with Gasteiger partial charge in [-0.25, -0.2) is 0 Å². The summed E-state index contributed by atoms with van der Waals surface area (Å²) in [5, 5.41) is 8.21. The Morgan fingerprint density at radius 3 is 2.54 bits per heavy atom. The molecular weight excluding hydrogens is 186 g/mol. The highest BCUT2D eigenvalue weighted by molar-refractivity contribution is 6.20. The summed E-state index contributed by atoms with van der Waals surface area (Å²) in [7, 11) is 1.61. The number of nitriles is 1. The number of methoxy groups -OCH3 is 1. The topological polar surface area (TPSA) is 33.0 Å². The molecule has 0 fully saturated rings. The van der Waals surface area contributed by atoms with Gasteiger partial charge in [-0.15, -0.1) is 11.6 Å². The summed E-state index contributed by atoms with van der Waals surface area (Å²) in [6, 6.07) is 9.44. The van der Waals surface area contributed by atoms with Crippen molar-refractivity contribution in [3.8, 4) is 11.8 Å². The van der Waals surface area contributed by atoms with Gasteiger partial charge < -0.3 is 4.74 Å². The normalized spacial score (nSPS) is 11.8. The van der Waals surface area contributed by atoms with E-state index in [1.807, 2.05) is 30.3 Å². The average molecular weight is 196 g/mol.